The summed E-state index contributed by atoms with van der Waals surface area (Å²) in [6, 6.07) is 16.3. The first-order valence-corrected chi connectivity index (χ1v) is 9.96. The Kier molecular flexibility index (Phi) is 5.84. The predicted molar refractivity (Wildman–Crippen MR) is 118 cm³/mol. The molecule has 1 aliphatic rings. The SMILES string of the molecule is COc1cccc(C(=O)Nc2ccc3c(c2)CCN3C(=O)Cc2ccccn2)c1OC. The molecule has 2 aromatic carbocycles. The van der Waals surface area contributed by atoms with Gasteiger partial charge in [-0.05, 0) is 54.4 Å². The molecule has 7 nitrogen and oxygen atoms in total. The van der Waals surface area contributed by atoms with Gasteiger partial charge in [-0.1, -0.05) is 12.1 Å². The average Bonchev–Trinajstić information content (AvgIpc) is 3.22. The van der Waals surface area contributed by atoms with Gasteiger partial charge in [-0.3, -0.25) is 14.6 Å². The van der Waals surface area contributed by atoms with Gasteiger partial charge in [-0.15, -0.1) is 0 Å². The van der Waals surface area contributed by atoms with E-state index >= 15 is 0 Å². The van der Waals surface area contributed by atoms with Crippen LogP contribution in [0.2, 0.25) is 0 Å². The number of carbonyl (C=O) groups is 2. The van der Waals surface area contributed by atoms with Crippen LogP contribution in [-0.2, 0) is 17.6 Å². The number of anilines is 2. The molecule has 0 atom stereocenters. The normalized spacial score (nSPS) is 12.3. The zero-order valence-corrected chi connectivity index (χ0v) is 17.4. The van der Waals surface area contributed by atoms with Crippen molar-refractivity contribution in [2.24, 2.45) is 0 Å². The lowest BCUT2D eigenvalue weighted by Gasteiger charge is -2.18. The molecule has 0 aliphatic carbocycles. The molecule has 3 aromatic rings. The smallest absolute Gasteiger partial charge is 0.259 e. The van der Waals surface area contributed by atoms with Crippen LogP contribution in [0.5, 0.6) is 11.5 Å². The summed E-state index contributed by atoms with van der Waals surface area (Å²) in [5.74, 6) is 0.591. The van der Waals surface area contributed by atoms with Gasteiger partial charge >= 0.3 is 0 Å². The maximum Gasteiger partial charge on any atom is 0.259 e. The number of aromatic nitrogens is 1. The van der Waals surface area contributed by atoms with Crippen molar-refractivity contribution in [3.05, 3.63) is 77.6 Å². The highest BCUT2D eigenvalue weighted by Crippen LogP contribution is 2.33. The second kappa shape index (κ2) is 8.87. The summed E-state index contributed by atoms with van der Waals surface area (Å²) >= 11 is 0. The third-order valence-electron chi connectivity index (χ3n) is 5.24. The fraction of sp³-hybridized carbons (Fsp3) is 0.208. The lowest BCUT2D eigenvalue weighted by molar-refractivity contribution is -0.117. The van der Waals surface area contributed by atoms with E-state index < -0.39 is 0 Å². The van der Waals surface area contributed by atoms with Gasteiger partial charge in [-0.25, -0.2) is 0 Å². The fourth-order valence-electron chi connectivity index (χ4n) is 3.76. The molecule has 2 amide bonds. The van der Waals surface area contributed by atoms with Crippen LogP contribution in [0.25, 0.3) is 0 Å². The second-order valence-electron chi connectivity index (χ2n) is 7.13. The maximum atomic E-state index is 12.8. The van der Waals surface area contributed by atoms with Crippen molar-refractivity contribution in [3.8, 4) is 11.5 Å². The van der Waals surface area contributed by atoms with E-state index in [2.05, 4.69) is 10.3 Å². The maximum absolute atomic E-state index is 12.8. The van der Waals surface area contributed by atoms with Crippen LogP contribution < -0.4 is 19.7 Å². The minimum Gasteiger partial charge on any atom is -0.493 e. The van der Waals surface area contributed by atoms with Crippen molar-refractivity contribution >= 4 is 23.2 Å². The van der Waals surface area contributed by atoms with E-state index in [9.17, 15) is 9.59 Å². The van der Waals surface area contributed by atoms with E-state index in [-0.39, 0.29) is 18.2 Å². The van der Waals surface area contributed by atoms with Crippen molar-refractivity contribution in [1.29, 1.82) is 0 Å². The molecule has 1 N–H and O–H groups in total. The number of pyridine rings is 1. The number of nitrogens with zero attached hydrogens (tertiary/aromatic N) is 2. The number of hydrogen-bond acceptors (Lipinski definition) is 5. The second-order valence-corrected chi connectivity index (χ2v) is 7.13. The third kappa shape index (κ3) is 4.21. The van der Waals surface area contributed by atoms with Crippen LogP contribution in [0.15, 0.2) is 60.8 Å². The molecular formula is C24H23N3O4. The summed E-state index contributed by atoms with van der Waals surface area (Å²) < 4.78 is 10.6. The Morgan fingerprint density at radius 2 is 1.94 bits per heavy atom. The van der Waals surface area contributed by atoms with Gasteiger partial charge in [0.15, 0.2) is 11.5 Å². The highest BCUT2D eigenvalue weighted by atomic mass is 16.5. The number of rotatable bonds is 6. The Morgan fingerprint density at radius 1 is 1.06 bits per heavy atom. The Hall–Kier alpha value is -3.87. The van der Waals surface area contributed by atoms with Gasteiger partial charge in [0.2, 0.25) is 5.91 Å². The highest BCUT2D eigenvalue weighted by molar-refractivity contribution is 6.07. The van der Waals surface area contributed by atoms with Crippen LogP contribution in [0, 0.1) is 0 Å². The number of amides is 2. The summed E-state index contributed by atoms with van der Waals surface area (Å²) in [5.41, 5.74) is 3.68. The van der Waals surface area contributed by atoms with Gasteiger partial charge in [0.05, 0.1) is 26.2 Å². The monoisotopic (exact) mass is 417 g/mol. The number of ether oxygens (including phenoxy) is 2. The summed E-state index contributed by atoms with van der Waals surface area (Å²) in [5, 5.41) is 2.91. The summed E-state index contributed by atoms with van der Waals surface area (Å²) in [7, 11) is 3.03. The van der Waals surface area contributed by atoms with E-state index in [4.69, 9.17) is 9.47 Å². The molecule has 7 heteroatoms. The van der Waals surface area contributed by atoms with Crippen LogP contribution >= 0.6 is 0 Å². The number of methoxy groups -OCH3 is 2. The fourth-order valence-corrected chi connectivity index (χ4v) is 3.76. The van der Waals surface area contributed by atoms with Gasteiger partial charge < -0.3 is 19.7 Å². The Balaban J connectivity index is 1.50. The first-order chi connectivity index (χ1) is 15.1. The van der Waals surface area contributed by atoms with E-state index in [1.165, 1.54) is 14.2 Å². The largest absolute Gasteiger partial charge is 0.493 e. The number of para-hydroxylation sites is 1. The van der Waals surface area contributed by atoms with Gasteiger partial charge in [0, 0.05) is 29.8 Å². The van der Waals surface area contributed by atoms with Crippen molar-refractivity contribution in [2.45, 2.75) is 12.8 Å². The Bertz CT molecular complexity index is 1120. The minimum absolute atomic E-state index is 0.00959. The van der Waals surface area contributed by atoms with Crippen LogP contribution in [0.4, 0.5) is 11.4 Å². The highest BCUT2D eigenvalue weighted by Gasteiger charge is 2.25. The average molecular weight is 417 g/mol. The lowest BCUT2D eigenvalue weighted by atomic mass is 10.1. The molecule has 2 heterocycles. The zero-order chi connectivity index (χ0) is 21.8. The Labute approximate surface area is 180 Å². The van der Waals surface area contributed by atoms with Crippen LogP contribution in [-0.4, -0.2) is 37.6 Å². The molecule has 0 bridgehead atoms. The molecule has 0 unspecified atom stereocenters. The molecule has 0 saturated heterocycles. The molecule has 4 rings (SSSR count). The number of benzene rings is 2. The first-order valence-electron chi connectivity index (χ1n) is 9.96. The molecule has 0 fully saturated rings. The van der Waals surface area contributed by atoms with E-state index in [1.807, 2.05) is 30.3 Å². The van der Waals surface area contributed by atoms with Crippen molar-refractivity contribution < 1.29 is 19.1 Å². The molecule has 0 spiro atoms. The molecule has 0 radical (unpaired) electrons. The van der Waals surface area contributed by atoms with E-state index in [0.717, 1.165) is 23.4 Å². The van der Waals surface area contributed by atoms with Crippen molar-refractivity contribution in [2.75, 3.05) is 31.0 Å². The molecule has 1 aliphatic heterocycles. The lowest BCUT2D eigenvalue weighted by Crippen LogP contribution is -2.30. The summed E-state index contributed by atoms with van der Waals surface area (Å²) in [4.78, 5) is 31.6. The summed E-state index contributed by atoms with van der Waals surface area (Å²) in [6.07, 6.45) is 2.68. The number of nitrogens with one attached hydrogen (secondary N) is 1. The van der Waals surface area contributed by atoms with Crippen LogP contribution in [0.1, 0.15) is 21.6 Å². The predicted octanol–water partition coefficient (Wildman–Crippen LogP) is 3.48. The number of hydrogen-bond donors (Lipinski definition) is 1. The first kappa shape index (κ1) is 20.4. The molecule has 0 saturated carbocycles. The van der Waals surface area contributed by atoms with Gasteiger partial charge in [0.1, 0.15) is 0 Å². The molecule has 158 valence electrons. The molecule has 1 aromatic heterocycles. The van der Waals surface area contributed by atoms with E-state index in [1.54, 1.807) is 35.4 Å². The quantitative estimate of drug-likeness (QED) is 0.664. The topological polar surface area (TPSA) is 80.8 Å². The molecular weight excluding hydrogens is 394 g/mol. The third-order valence-corrected chi connectivity index (χ3v) is 5.24. The van der Waals surface area contributed by atoms with Crippen molar-refractivity contribution in [3.63, 3.8) is 0 Å². The minimum atomic E-state index is -0.295. The van der Waals surface area contributed by atoms with Crippen LogP contribution in [0.3, 0.4) is 0 Å². The van der Waals surface area contributed by atoms with Gasteiger partial charge in [-0.2, -0.15) is 0 Å². The molecule has 31 heavy (non-hydrogen) atoms. The summed E-state index contributed by atoms with van der Waals surface area (Å²) in [6.45, 7) is 0.613. The zero-order valence-electron chi connectivity index (χ0n) is 17.4. The van der Waals surface area contributed by atoms with Gasteiger partial charge in [0.25, 0.3) is 5.91 Å². The number of carbonyl (C=O) groups excluding carboxylic acids is 2. The Morgan fingerprint density at radius 3 is 2.68 bits per heavy atom. The number of fused-ring (bicyclic) bond motifs is 1. The van der Waals surface area contributed by atoms with E-state index in [0.29, 0.717) is 29.3 Å². The van der Waals surface area contributed by atoms with Crippen molar-refractivity contribution in [1.82, 2.24) is 4.98 Å². The standard InChI is InChI=1S/C24H23N3O4/c1-30-21-8-5-7-19(23(21)31-2)24(29)26-18-9-10-20-16(14-18)11-13-27(20)22(28)15-17-6-3-4-12-25-17/h3-10,12,14H,11,13,15H2,1-2H3,(H,26,29).